The first-order valence-corrected chi connectivity index (χ1v) is 7.59. The summed E-state index contributed by atoms with van der Waals surface area (Å²) < 4.78 is 26.8. The third kappa shape index (κ3) is 4.12. The Balaban J connectivity index is 2.14. The molecule has 1 fully saturated rings. The summed E-state index contributed by atoms with van der Waals surface area (Å²) in [5.74, 6) is 0.524. The van der Waals surface area contributed by atoms with Gasteiger partial charge in [-0.2, -0.15) is 0 Å². The van der Waals surface area contributed by atoms with Crippen LogP contribution in [-0.4, -0.2) is 49.6 Å². The van der Waals surface area contributed by atoms with Crippen molar-refractivity contribution in [1.82, 2.24) is 0 Å². The fourth-order valence-electron chi connectivity index (χ4n) is 1.51. The van der Waals surface area contributed by atoms with Crippen molar-refractivity contribution < 1.29 is 22.8 Å². The average Bonchev–Trinajstić information content (AvgIpc) is 2.25. The molecule has 1 rings (SSSR count). The molecule has 1 heterocycles. The van der Waals surface area contributed by atoms with Gasteiger partial charge in [0, 0.05) is 26.2 Å². The molecule has 0 aromatic rings. The van der Waals surface area contributed by atoms with Gasteiger partial charge in [-0.3, -0.25) is 0 Å². The quantitative estimate of drug-likeness (QED) is 0.350. The largest absolute Gasteiger partial charge is 0.502 e. The van der Waals surface area contributed by atoms with E-state index in [1.807, 2.05) is 0 Å². The van der Waals surface area contributed by atoms with Gasteiger partial charge in [-0.05, 0) is 0 Å². The lowest BCUT2D eigenvalue weighted by molar-refractivity contribution is -0.104. The minimum Gasteiger partial charge on any atom is -0.381 e. The molecule has 5 nitrogen and oxygen atoms in total. The number of rotatable bonds is 9. The molecule has 6 heteroatoms. The first kappa shape index (κ1) is 14.1. The highest BCUT2D eigenvalue weighted by Gasteiger charge is 2.38. The van der Waals surface area contributed by atoms with Gasteiger partial charge in [0.25, 0.3) is 0 Å². The van der Waals surface area contributed by atoms with E-state index < -0.39 is 8.80 Å². The van der Waals surface area contributed by atoms with Crippen LogP contribution in [0.2, 0.25) is 6.04 Å². The standard InChI is InChI=1S/C10H22O5Si/c1-4-5-16(11-2,12-3)15-9-14-8-10-6-13-7-10/h10H,4-9H2,1-3H3. The van der Waals surface area contributed by atoms with Gasteiger partial charge in [0.15, 0.2) is 0 Å². The smallest absolute Gasteiger partial charge is 0.381 e. The summed E-state index contributed by atoms with van der Waals surface area (Å²) >= 11 is 0. The number of ether oxygens (including phenoxy) is 2. The van der Waals surface area contributed by atoms with E-state index in [1.54, 1.807) is 14.2 Å². The van der Waals surface area contributed by atoms with Crippen molar-refractivity contribution in [3.8, 4) is 0 Å². The summed E-state index contributed by atoms with van der Waals surface area (Å²) in [6.07, 6.45) is 0.977. The highest BCUT2D eigenvalue weighted by atomic mass is 28.4. The molecule has 1 aliphatic heterocycles. The summed E-state index contributed by atoms with van der Waals surface area (Å²) in [6.45, 7) is 4.60. The predicted octanol–water partition coefficient (Wildman–Crippen LogP) is 1.27. The molecule has 0 atom stereocenters. The van der Waals surface area contributed by atoms with Crippen LogP contribution in [0, 0.1) is 5.92 Å². The van der Waals surface area contributed by atoms with Gasteiger partial charge in [0.2, 0.25) is 0 Å². The second kappa shape index (κ2) is 7.36. The summed E-state index contributed by atoms with van der Waals surface area (Å²) in [7, 11) is 0.796. The van der Waals surface area contributed by atoms with Gasteiger partial charge in [0.1, 0.15) is 6.79 Å². The maximum atomic E-state index is 5.62. The highest BCUT2D eigenvalue weighted by Crippen LogP contribution is 2.16. The molecule has 16 heavy (non-hydrogen) atoms. The third-order valence-electron chi connectivity index (χ3n) is 2.60. The predicted molar refractivity (Wildman–Crippen MR) is 61.1 cm³/mol. The van der Waals surface area contributed by atoms with Crippen LogP contribution in [-0.2, 0) is 22.8 Å². The number of hydrogen-bond acceptors (Lipinski definition) is 5. The molecule has 0 radical (unpaired) electrons. The van der Waals surface area contributed by atoms with E-state index in [-0.39, 0.29) is 6.79 Å². The fourth-order valence-corrected chi connectivity index (χ4v) is 3.34. The zero-order valence-electron chi connectivity index (χ0n) is 10.4. The lowest BCUT2D eigenvalue weighted by Gasteiger charge is -2.28. The van der Waals surface area contributed by atoms with E-state index in [0.29, 0.717) is 12.5 Å². The Morgan fingerprint density at radius 3 is 2.38 bits per heavy atom. The Morgan fingerprint density at radius 1 is 1.25 bits per heavy atom. The topological polar surface area (TPSA) is 46.2 Å². The van der Waals surface area contributed by atoms with Crippen molar-refractivity contribution in [2.45, 2.75) is 19.4 Å². The van der Waals surface area contributed by atoms with E-state index in [0.717, 1.165) is 25.7 Å². The van der Waals surface area contributed by atoms with Gasteiger partial charge in [0.05, 0.1) is 19.8 Å². The van der Waals surface area contributed by atoms with Gasteiger partial charge >= 0.3 is 8.80 Å². The lowest BCUT2D eigenvalue weighted by atomic mass is 10.1. The van der Waals surface area contributed by atoms with Crippen LogP contribution in [0.4, 0.5) is 0 Å². The van der Waals surface area contributed by atoms with E-state index in [9.17, 15) is 0 Å². The minimum absolute atomic E-state index is 0.240. The summed E-state index contributed by atoms with van der Waals surface area (Å²) in [6, 6.07) is 0.815. The molecule has 1 saturated heterocycles. The molecule has 0 aliphatic carbocycles. The molecule has 0 spiro atoms. The second-order valence-electron chi connectivity index (χ2n) is 3.88. The van der Waals surface area contributed by atoms with Gasteiger partial charge < -0.3 is 22.8 Å². The van der Waals surface area contributed by atoms with E-state index >= 15 is 0 Å². The molecule has 1 aliphatic rings. The molecule has 0 unspecified atom stereocenters. The van der Waals surface area contributed by atoms with Gasteiger partial charge in [-0.25, -0.2) is 0 Å². The summed E-state index contributed by atoms with van der Waals surface area (Å²) in [5.41, 5.74) is 0. The molecular formula is C10H22O5Si. The molecule has 0 aromatic heterocycles. The zero-order chi connectivity index (χ0) is 11.9. The molecule has 0 bridgehead atoms. The Hall–Kier alpha value is 0.0169. The Morgan fingerprint density at radius 2 is 1.94 bits per heavy atom. The second-order valence-corrected chi connectivity index (χ2v) is 6.85. The van der Waals surface area contributed by atoms with E-state index in [4.69, 9.17) is 22.8 Å². The van der Waals surface area contributed by atoms with Crippen LogP contribution in [0.5, 0.6) is 0 Å². The van der Waals surface area contributed by atoms with Crippen molar-refractivity contribution in [3.05, 3.63) is 0 Å². The average molecular weight is 250 g/mol. The Labute approximate surface area is 98.3 Å². The summed E-state index contributed by atoms with van der Waals surface area (Å²) in [4.78, 5) is 0. The van der Waals surface area contributed by atoms with Crippen molar-refractivity contribution >= 4 is 8.80 Å². The van der Waals surface area contributed by atoms with Gasteiger partial charge in [-0.1, -0.05) is 13.3 Å². The van der Waals surface area contributed by atoms with Crippen LogP contribution >= 0.6 is 0 Å². The molecule has 0 amide bonds. The first-order valence-electron chi connectivity index (χ1n) is 5.66. The Kier molecular flexibility index (Phi) is 6.48. The Bertz CT molecular complexity index is 182. The van der Waals surface area contributed by atoms with Crippen molar-refractivity contribution in [1.29, 1.82) is 0 Å². The molecule has 0 N–H and O–H groups in total. The monoisotopic (exact) mass is 250 g/mol. The highest BCUT2D eigenvalue weighted by molar-refractivity contribution is 6.60. The molecule has 96 valence electrons. The normalized spacial score (nSPS) is 17.4. The van der Waals surface area contributed by atoms with Crippen molar-refractivity contribution in [2.75, 3.05) is 40.8 Å². The van der Waals surface area contributed by atoms with Crippen LogP contribution in [0.25, 0.3) is 0 Å². The maximum absolute atomic E-state index is 5.62. The third-order valence-corrected chi connectivity index (χ3v) is 5.52. The lowest BCUT2D eigenvalue weighted by Crippen LogP contribution is -2.44. The van der Waals surface area contributed by atoms with Gasteiger partial charge in [-0.15, -0.1) is 0 Å². The van der Waals surface area contributed by atoms with Crippen molar-refractivity contribution in [2.24, 2.45) is 5.92 Å². The minimum atomic E-state index is -2.46. The molecule has 0 aromatic carbocycles. The molecule has 0 saturated carbocycles. The van der Waals surface area contributed by atoms with Crippen molar-refractivity contribution in [3.63, 3.8) is 0 Å². The van der Waals surface area contributed by atoms with E-state index in [1.165, 1.54) is 0 Å². The zero-order valence-corrected chi connectivity index (χ0v) is 11.4. The fraction of sp³-hybridized carbons (Fsp3) is 1.00. The number of hydrogen-bond donors (Lipinski definition) is 0. The van der Waals surface area contributed by atoms with E-state index in [2.05, 4.69) is 6.92 Å². The maximum Gasteiger partial charge on any atom is 0.502 e. The van der Waals surface area contributed by atoms with Crippen LogP contribution in [0.3, 0.4) is 0 Å². The van der Waals surface area contributed by atoms with Crippen LogP contribution < -0.4 is 0 Å². The summed E-state index contributed by atoms with van der Waals surface area (Å²) in [5, 5.41) is 0. The SMILES string of the molecule is CCC[Si](OC)(OC)OCOCC1COC1. The molecular weight excluding hydrogens is 228 g/mol. The van der Waals surface area contributed by atoms with Crippen LogP contribution in [0.1, 0.15) is 13.3 Å². The van der Waals surface area contributed by atoms with Crippen LogP contribution in [0.15, 0.2) is 0 Å². The first-order chi connectivity index (χ1) is 7.76.